The van der Waals surface area contributed by atoms with Gasteiger partial charge in [-0.25, -0.2) is 0 Å². The Labute approximate surface area is 76.6 Å². The lowest BCUT2D eigenvalue weighted by Crippen LogP contribution is -1.95. The van der Waals surface area contributed by atoms with Crippen molar-refractivity contribution in [1.82, 2.24) is 0 Å². The summed E-state index contributed by atoms with van der Waals surface area (Å²) in [5.74, 6) is 0. The van der Waals surface area contributed by atoms with E-state index in [1.807, 2.05) is 12.1 Å². The van der Waals surface area contributed by atoms with Crippen molar-refractivity contribution in [3.8, 4) is 0 Å². The maximum Gasteiger partial charge on any atom is 0.146 e. The van der Waals surface area contributed by atoms with E-state index < -0.39 is 0 Å². The molecule has 0 aliphatic rings. The van der Waals surface area contributed by atoms with Crippen LogP contribution in [0.3, 0.4) is 0 Å². The average Bonchev–Trinajstić information content (AvgIpc) is 2.05. The van der Waals surface area contributed by atoms with Gasteiger partial charge in [-0.05, 0) is 23.6 Å². The third-order valence-corrected chi connectivity index (χ3v) is 2.13. The van der Waals surface area contributed by atoms with Crippen LogP contribution in [0.15, 0.2) is 30.8 Å². The highest BCUT2D eigenvalue weighted by Crippen LogP contribution is 2.16. The van der Waals surface area contributed by atoms with Gasteiger partial charge in [0, 0.05) is 0 Å². The molecule has 0 saturated carbocycles. The molecule has 0 radical (unpaired) electrons. The monoisotopic (exact) mass is 178 g/mol. The number of hydrogen-bond donors (Lipinski definition) is 0. The molecule has 2 heteroatoms. The number of hydrogen-bond acceptors (Lipinski definition) is 1. The van der Waals surface area contributed by atoms with Crippen molar-refractivity contribution in [3.63, 3.8) is 0 Å². The summed E-state index contributed by atoms with van der Waals surface area (Å²) < 4.78 is 5.15. The van der Waals surface area contributed by atoms with Gasteiger partial charge in [-0.2, -0.15) is 0 Å². The highest BCUT2D eigenvalue weighted by atomic mass is 28.2. The van der Waals surface area contributed by atoms with E-state index in [1.54, 1.807) is 0 Å². The molecule has 1 aromatic carbocycles. The van der Waals surface area contributed by atoms with Crippen molar-refractivity contribution in [2.75, 3.05) is 6.61 Å². The molecule has 0 aliphatic carbocycles. The summed E-state index contributed by atoms with van der Waals surface area (Å²) >= 11 is 0. The van der Waals surface area contributed by atoms with Crippen molar-refractivity contribution in [2.45, 2.75) is 6.92 Å². The summed E-state index contributed by atoms with van der Waals surface area (Å²) in [7, 11) is 0.775. The predicted octanol–water partition coefficient (Wildman–Crippen LogP) is 1.31. The quantitative estimate of drug-likeness (QED) is 0.634. The molecule has 0 unspecified atom stereocenters. The van der Waals surface area contributed by atoms with Gasteiger partial charge in [0.25, 0.3) is 0 Å². The molecule has 0 saturated heterocycles. The zero-order chi connectivity index (χ0) is 8.97. The van der Waals surface area contributed by atoms with Crippen LogP contribution in [-0.2, 0) is 4.43 Å². The van der Waals surface area contributed by atoms with Crippen LogP contribution in [0.1, 0.15) is 11.1 Å². The maximum atomic E-state index is 5.15. The second kappa shape index (κ2) is 4.23. The Kier molecular flexibility index (Phi) is 3.26. The first kappa shape index (κ1) is 9.23. The summed E-state index contributed by atoms with van der Waals surface area (Å²) in [6.07, 6.45) is 0. The third kappa shape index (κ3) is 2.06. The third-order valence-electron chi connectivity index (χ3n) is 1.84. The second-order valence-electron chi connectivity index (χ2n) is 2.85. The summed E-state index contributed by atoms with van der Waals surface area (Å²) in [5.41, 5.74) is 3.55. The molecular weight excluding hydrogens is 164 g/mol. The van der Waals surface area contributed by atoms with E-state index in [2.05, 4.69) is 25.6 Å². The summed E-state index contributed by atoms with van der Waals surface area (Å²) in [6.45, 7) is 6.73. The lowest BCUT2D eigenvalue weighted by atomic mass is 10.0. The van der Waals surface area contributed by atoms with Gasteiger partial charge in [-0.15, -0.1) is 0 Å². The van der Waals surface area contributed by atoms with Crippen molar-refractivity contribution >= 4 is 16.1 Å². The summed E-state index contributed by atoms with van der Waals surface area (Å²) in [6, 6.07) is 8.24. The van der Waals surface area contributed by atoms with Gasteiger partial charge in [-0.1, -0.05) is 30.8 Å². The standard InChI is InChI=1S/C10H14OSi/c1-8-5-3-4-6-10(8)9(2)7-11-12/h3-6H,2,7H2,1,12H3. The molecule has 0 spiro atoms. The van der Waals surface area contributed by atoms with Crippen LogP contribution in [0.5, 0.6) is 0 Å². The molecular formula is C10H14OSi. The van der Waals surface area contributed by atoms with E-state index in [9.17, 15) is 0 Å². The number of benzene rings is 1. The molecule has 0 heterocycles. The van der Waals surface area contributed by atoms with E-state index >= 15 is 0 Å². The van der Waals surface area contributed by atoms with Crippen LogP contribution in [0.2, 0.25) is 0 Å². The molecule has 1 rings (SSSR count). The minimum absolute atomic E-state index is 0.664. The van der Waals surface area contributed by atoms with Crippen LogP contribution in [0.25, 0.3) is 5.57 Å². The molecule has 1 aromatic rings. The fourth-order valence-electron chi connectivity index (χ4n) is 1.22. The molecule has 0 N–H and O–H groups in total. The lowest BCUT2D eigenvalue weighted by molar-refractivity contribution is 0.409. The molecule has 0 atom stereocenters. The van der Waals surface area contributed by atoms with Crippen molar-refractivity contribution in [2.24, 2.45) is 0 Å². The van der Waals surface area contributed by atoms with Crippen LogP contribution in [-0.4, -0.2) is 17.1 Å². The highest BCUT2D eigenvalue weighted by molar-refractivity contribution is 5.98. The summed E-state index contributed by atoms with van der Waals surface area (Å²) in [4.78, 5) is 0. The van der Waals surface area contributed by atoms with Gasteiger partial charge < -0.3 is 4.43 Å². The van der Waals surface area contributed by atoms with Crippen molar-refractivity contribution < 1.29 is 4.43 Å². The van der Waals surface area contributed by atoms with E-state index in [0.717, 1.165) is 16.1 Å². The Bertz CT molecular complexity index is 281. The Hall–Kier alpha value is -0.863. The second-order valence-corrected chi connectivity index (χ2v) is 3.43. The number of aryl methyl sites for hydroxylation is 1. The largest absolute Gasteiger partial charge is 0.424 e. The highest BCUT2D eigenvalue weighted by Gasteiger charge is 1.99. The Morgan fingerprint density at radius 1 is 1.50 bits per heavy atom. The smallest absolute Gasteiger partial charge is 0.146 e. The van der Waals surface area contributed by atoms with E-state index in [4.69, 9.17) is 4.43 Å². The van der Waals surface area contributed by atoms with Crippen molar-refractivity contribution in [1.29, 1.82) is 0 Å². The topological polar surface area (TPSA) is 9.23 Å². The minimum Gasteiger partial charge on any atom is -0.424 e. The van der Waals surface area contributed by atoms with E-state index in [1.165, 1.54) is 11.1 Å². The first-order valence-corrected chi connectivity index (χ1v) is 4.80. The van der Waals surface area contributed by atoms with Gasteiger partial charge in [-0.3, -0.25) is 0 Å². The first-order chi connectivity index (χ1) is 5.75. The molecule has 0 fully saturated rings. The SMILES string of the molecule is C=C(CO[SiH3])c1ccccc1C. The van der Waals surface area contributed by atoms with Crippen LogP contribution >= 0.6 is 0 Å². The predicted molar refractivity (Wildman–Crippen MR) is 56.1 cm³/mol. The normalized spacial score (nSPS) is 10.1. The molecule has 0 bridgehead atoms. The Morgan fingerprint density at radius 3 is 2.75 bits per heavy atom. The minimum atomic E-state index is 0.664. The molecule has 0 aromatic heterocycles. The van der Waals surface area contributed by atoms with Gasteiger partial charge in [0.15, 0.2) is 0 Å². The molecule has 1 nitrogen and oxygen atoms in total. The fourth-order valence-corrected chi connectivity index (χ4v) is 1.57. The molecule has 12 heavy (non-hydrogen) atoms. The van der Waals surface area contributed by atoms with Crippen LogP contribution in [0.4, 0.5) is 0 Å². The van der Waals surface area contributed by atoms with Gasteiger partial charge >= 0.3 is 0 Å². The van der Waals surface area contributed by atoms with Gasteiger partial charge in [0.1, 0.15) is 10.5 Å². The average molecular weight is 178 g/mol. The lowest BCUT2D eigenvalue weighted by Gasteiger charge is -2.07. The zero-order valence-corrected chi connectivity index (χ0v) is 9.63. The van der Waals surface area contributed by atoms with Gasteiger partial charge in [0.2, 0.25) is 0 Å². The molecule has 64 valence electrons. The van der Waals surface area contributed by atoms with Crippen LogP contribution in [0, 0.1) is 6.92 Å². The number of rotatable bonds is 3. The maximum absolute atomic E-state index is 5.15. The fraction of sp³-hybridized carbons (Fsp3) is 0.200. The zero-order valence-electron chi connectivity index (χ0n) is 7.63. The van der Waals surface area contributed by atoms with E-state index in [-0.39, 0.29) is 0 Å². The Morgan fingerprint density at radius 2 is 2.17 bits per heavy atom. The van der Waals surface area contributed by atoms with Gasteiger partial charge in [0.05, 0.1) is 6.61 Å². The van der Waals surface area contributed by atoms with Crippen molar-refractivity contribution in [3.05, 3.63) is 42.0 Å². The molecule has 0 amide bonds. The van der Waals surface area contributed by atoms with Crippen LogP contribution < -0.4 is 0 Å². The first-order valence-electron chi connectivity index (χ1n) is 3.98. The van der Waals surface area contributed by atoms with E-state index in [0.29, 0.717) is 6.61 Å². The Balaban J connectivity index is 2.87. The molecule has 0 aliphatic heterocycles. The summed E-state index contributed by atoms with van der Waals surface area (Å²) in [5, 5.41) is 0.